The maximum Gasteiger partial charge on any atom is 0.317 e. The molecule has 19 heavy (non-hydrogen) atoms. The summed E-state index contributed by atoms with van der Waals surface area (Å²) in [4.78, 5) is 26.6. The Morgan fingerprint density at radius 2 is 2.11 bits per heavy atom. The normalized spacial score (nSPS) is 17.2. The fourth-order valence-electron chi connectivity index (χ4n) is 2.13. The van der Waals surface area contributed by atoms with Gasteiger partial charge in [-0.15, -0.1) is 11.3 Å². The molecule has 7 heteroatoms. The van der Waals surface area contributed by atoms with Crippen molar-refractivity contribution in [1.82, 2.24) is 9.80 Å². The molecule has 1 fully saturated rings. The van der Waals surface area contributed by atoms with Crippen molar-refractivity contribution in [2.24, 2.45) is 0 Å². The van der Waals surface area contributed by atoms with Crippen LogP contribution in [0, 0.1) is 0 Å². The lowest BCUT2D eigenvalue weighted by molar-refractivity contribution is -0.138. The first-order chi connectivity index (χ1) is 9.06. The third kappa shape index (κ3) is 4.02. The van der Waals surface area contributed by atoms with Crippen molar-refractivity contribution in [1.29, 1.82) is 0 Å². The first-order valence-electron chi connectivity index (χ1n) is 6.03. The van der Waals surface area contributed by atoms with Gasteiger partial charge in [-0.2, -0.15) is 0 Å². The predicted octanol–water partition coefficient (Wildman–Crippen LogP) is 1.74. The summed E-state index contributed by atoms with van der Waals surface area (Å²) in [5.74, 6) is -0.791. The minimum atomic E-state index is -0.818. The Morgan fingerprint density at radius 3 is 2.74 bits per heavy atom. The molecule has 1 aromatic rings. The largest absolute Gasteiger partial charge is 0.480 e. The number of thiophene rings is 1. The van der Waals surface area contributed by atoms with Gasteiger partial charge in [0.25, 0.3) is 5.91 Å². The molecule has 0 radical (unpaired) electrons. The van der Waals surface area contributed by atoms with Crippen LogP contribution in [-0.2, 0) is 4.79 Å². The van der Waals surface area contributed by atoms with Crippen LogP contribution in [0.25, 0.3) is 0 Å². The van der Waals surface area contributed by atoms with Crippen molar-refractivity contribution in [3.8, 4) is 0 Å². The molecule has 104 valence electrons. The van der Waals surface area contributed by atoms with Crippen LogP contribution in [0.4, 0.5) is 0 Å². The molecule has 0 aliphatic carbocycles. The second kappa shape index (κ2) is 6.49. The van der Waals surface area contributed by atoms with E-state index in [1.165, 1.54) is 11.3 Å². The molecule has 1 aliphatic heterocycles. The van der Waals surface area contributed by atoms with Gasteiger partial charge in [0.05, 0.1) is 15.9 Å². The number of nitrogens with zero attached hydrogens (tertiary/aromatic N) is 2. The van der Waals surface area contributed by atoms with Gasteiger partial charge in [-0.05, 0) is 28.4 Å². The summed E-state index contributed by atoms with van der Waals surface area (Å²) in [5, 5.41) is 10.6. The third-order valence-electron chi connectivity index (χ3n) is 3.05. The maximum atomic E-state index is 12.3. The lowest BCUT2D eigenvalue weighted by atomic mass is 10.3. The minimum absolute atomic E-state index is 0.0270. The molecular formula is C12H15BrN2O3S. The Hall–Kier alpha value is -0.920. The van der Waals surface area contributed by atoms with Gasteiger partial charge in [0, 0.05) is 31.6 Å². The van der Waals surface area contributed by atoms with E-state index < -0.39 is 5.97 Å². The molecule has 5 nitrogen and oxygen atoms in total. The summed E-state index contributed by atoms with van der Waals surface area (Å²) in [6.07, 6.45) is 0.810. The highest BCUT2D eigenvalue weighted by Gasteiger charge is 2.21. The number of carbonyl (C=O) groups is 2. The van der Waals surface area contributed by atoms with Crippen LogP contribution in [0.1, 0.15) is 16.8 Å². The molecular weight excluding hydrogens is 332 g/mol. The van der Waals surface area contributed by atoms with Gasteiger partial charge >= 0.3 is 5.97 Å². The van der Waals surface area contributed by atoms with Crippen LogP contribution in [0.3, 0.4) is 0 Å². The number of amides is 1. The van der Waals surface area contributed by atoms with Crippen molar-refractivity contribution in [2.75, 3.05) is 32.7 Å². The fraction of sp³-hybridized carbons (Fsp3) is 0.500. The molecule has 0 atom stereocenters. The van der Waals surface area contributed by atoms with Gasteiger partial charge < -0.3 is 10.0 Å². The first kappa shape index (κ1) is 14.5. The van der Waals surface area contributed by atoms with Gasteiger partial charge in [0.15, 0.2) is 0 Å². The van der Waals surface area contributed by atoms with E-state index in [9.17, 15) is 9.59 Å². The zero-order valence-corrected chi connectivity index (χ0v) is 12.7. The Labute approximate surface area is 123 Å². The molecule has 0 aromatic carbocycles. The molecule has 0 saturated carbocycles. The molecule has 0 spiro atoms. The van der Waals surface area contributed by atoms with Crippen LogP contribution in [-0.4, -0.2) is 59.5 Å². The second-order valence-corrected chi connectivity index (χ2v) is 6.75. The summed E-state index contributed by atoms with van der Waals surface area (Å²) >= 11 is 4.84. The van der Waals surface area contributed by atoms with E-state index in [-0.39, 0.29) is 12.5 Å². The number of carboxylic acids is 1. The zero-order chi connectivity index (χ0) is 13.8. The number of rotatable bonds is 3. The highest BCUT2D eigenvalue weighted by Crippen LogP contribution is 2.22. The van der Waals surface area contributed by atoms with Crippen molar-refractivity contribution in [3.05, 3.63) is 20.8 Å². The molecule has 1 amide bonds. The molecule has 2 heterocycles. The van der Waals surface area contributed by atoms with Crippen molar-refractivity contribution in [3.63, 3.8) is 0 Å². The summed E-state index contributed by atoms with van der Waals surface area (Å²) in [6, 6.07) is 1.83. The molecule has 1 aromatic heterocycles. The Bertz CT molecular complexity index is 477. The lowest BCUT2D eigenvalue weighted by Crippen LogP contribution is -2.36. The average Bonchev–Trinajstić information content (AvgIpc) is 2.65. The van der Waals surface area contributed by atoms with Gasteiger partial charge in [0.1, 0.15) is 0 Å². The number of hydrogen-bond donors (Lipinski definition) is 1. The molecule has 2 rings (SSSR count). The monoisotopic (exact) mass is 346 g/mol. The van der Waals surface area contributed by atoms with Crippen LogP contribution in [0.15, 0.2) is 15.2 Å². The number of aliphatic carboxylic acids is 1. The SMILES string of the molecule is O=C(O)CN1CCCN(C(=O)c2csc(Br)c2)CC1. The van der Waals surface area contributed by atoms with Crippen molar-refractivity contribution in [2.45, 2.75) is 6.42 Å². The molecule has 1 aliphatic rings. The average molecular weight is 347 g/mol. The number of halogens is 1. The Kier molecular flexibility index (Phi) is 4.95. The highest BCUT2D eigenvalue weighted by atomic mass is 79.9. The van der Waals surface area contributed by atoms with Crippen molar-refractivity contribution >= 4 is 39.1 Å². The van der Waals surface area contributed by atoms with Crippen LogP contribution in [0.2, 0.25) is 0 Å². The molecule has 0 bridgehead atoms. The van der Waals surface area contributed by atoms with E-state index in [0.717, 1.165) is 16.8 Å². The fourth-order valence-corrected chi connectivity index (χ4v) is 3.26. The summed E-state index contributed by atoms with van der Waals surface area (Å²) < 4.78 is 0.943. The third-order valence-corrected chi connectivity index (χ3v) is 4.55. The highest BCUT2D eigenvalue weighted by molar-refractivity contribution is 9.11. The van der Waals surface area contributed by atoms with E-state index in [4.69, 9.17) is 5.11 Å². The van der Waals surface area contributed by atoms with Crippen LogP contribution in [0.5, 0.6) is 0 Å². The lowest BCUT2D eigenvalue weighted by Gasteiger charge is -2.20. The van der Waals surface area contributed by atoms with Gasteiger partial charge in [-0.3, -0.25) is 14.5 Å². The predicted molar refractivity (Wildman–Crippen MR) is 76.6 cm³/mol. The van der Waals surface area contributed by atoms with E-state index in [2.05, 4.69) is 15.9 Å². The topological polar surface area (TPSA) is 60.9 Å². The number of hydrogen-bond acceptors (Lipinski definition) is 4. The molecule has 1 N–H and O–H groups in total. The Morgan fingerprint density at radius 1 is 1.32 bits per heavy atom. The van der Waals surface area contributed by atoms with E-state index >= 15 is 0 Å². The van der Waals surface area contributed by atoms with Gasteiger partial charge in [-0.1, -0.05) is 0 Å². The van der Waals surface area contributed by atoms with E-state index in [1.807, 2.05) is 16.3 Å². The van der Waals surface area contributed by atoms with Crippen molar-refractivity contribution < 1.29 is 14.7 Å². The Balaban J connectivity index is 1.95. The smallest absolute Gasteiger partial charge is 0.317 e. The molecule has 1 saturated heterocycles. The van der Waals surface area contributed by atoms with Gasteiger partial charge in [0.2, 0.25) is 0 Å². The first-order valence-corrected chi connectivity index (χ1v) is 7.71. The maximum absolute atomic E-state index is 12.3. The molecule has 0 unspecified atom stereocenters. The van der Waals surface area contributed by atoms with Gasteiger partial charge in [-0.25, -0.2) is 0 Å². The van der Waals surface area contributed by atoms with E-state index in [1.54, 1.807) is 4.90 Å². The van der Waals surface area contributed by atoms with Crippen LogP contribution >= 0.6 is 27.3 Å². The summed E-state index contributed by atoms with van der Waals surface area (Å²) in [7, 11) is 0. The zero-order valence-electron chi connectivity index (χ0n) is 10.3. The quantitative estimate of drug-likeness (QED) is 0.905. The van der Waals surface area contributed by atoms with Crippen LogP contribution < -0.4 is 0 Å². The number of carbonyl (C=O) groups excluding carboxylic acids is 1. The number of carboxylic acid groups (broad SMARTS) is 1. The van der Waals surface area contributed by atoms with E-state index in [0.29, 0.717) is 25.2 Å². The standard InChI is InChI=1S/C12H15BrN2O3S/c13-10-6-9(8-19-10)12(18)15-3-1-2-14(4-5-15)7-11(16)17/h6,8H,1-5,7H2,(H,16,17). The second-order valence-electron chi connectivity index (χ2n) is 4.46. The minimum Gasteiger partial charge on any atom is -0.480 e. The summed E-state index contributed by atoms with van der Waals surface area (Å²) in [5.41, 5.74) is 0.698. The summed E-state index contributed by atoms with van der Waals surface area (Å²) in [6.45, 7) is 2.65.